The maximum Gasteiger partial charge on any atom is 0.411 e. The summed E-state index contributed by atoms with van der Waals surface area (Å²) in [6.45, 7) is 5.62. The zero-order valence-corrected chi connectivity index (χ0v) is 17.4. The van der Waals surface area contributed by atoms with Gasteiger partial charge in [-0.1, -0.05) is 30.3 Å². The lowest BCUT2D eigenvalue weighted by molar-refractivity contribution is 0.187. The molecule has 0 aliphatic carbocycles. The van der Waals surface area contributed by atoms with Crippen LogP contribution in [0.5, 0.6) is 0 Å². The van der Waals surface area contributed by atoms with E-state index in [2.05, 4.69) is 61.8 Å². The van der Waals surface area contributed by atoms with E-state index in [1.165, 1.54) is 12.8 Å². The van der Waals surface area contributed by atoms with Crippen molar-refractivity contribution in [3.8, 4) is 0 Å². The Labute approximate surface area is 173 Å². The smallest absolute Gasteiger partial charge is 0.411 e. The minimum absolute atomic E-state index is 0.477. The zero-order valence-electron chi connectivity index (χ0n) is 17.4. The van der Waals surface area contributed by atoms with E-state index in [1.54, 1.807) is 7.05 Å². The number of nitrogens with one attached hydrogen (secondary N) is 3. The van der Waals surface area contributed by atoms with Crippen LogP contribution in [0.1, 0.15) is 18.9 Å². The molecular weight excluding hydrogens is 366 g/mol. The number of hydrogen-bond acceptors (Lipinski definition) is 4. The van der Waals surface area contributed by atoms with Crippen LogP contribution in [0.25, 0.3) is 0 Å². The Morgan fingerprint density at radius 2 is 1.79 bits per heavy atom. The van der Waals surface area contributed by atoms with Crippen molar-refractivity contribution in [1.82, 2.24) is 10.6 Å². The molecule has 0 heterocycles. The zero-order chi connectivity index (χ0) is 20.9. The first-order valence-corrected chi connectivity index (χ1v) is 9.84. The highest BCUT2D eigenvalue weighted by atomic mass is 16.5. The summed E-state index contributed by atoms with van der Waals surface area (Å²) < 4.78 is 4.58. The second-order valence-electron chi connectivity index (χ2n) is 6.43. The largest absolute Gasteiger partial charge is 0.453 e. The second kappa shape index (κ2) is 12.3. The molecule has 7 heteroatoms. The quantitative estimate of drug-likeness (QED) is 0.343. The van der Waals surface area contributed by atoms with E-state index >= 15 is 0 Å². The monoisotopic (exact) mass is 397 g/mol. The van der Waals surface area contributed by atoms with Gasteiger partial charge in [-0.05, 0) is 43.2 Å². The summed E-state index contributed by atoms with van der Waals surface area (Å²) in [6, 6.07) is 18.0. The van der Waals surface area contributed by atoms with Crippen LogP contribution >= 0.6 is 0 Å². The van der Waals surface area contributed by atoms with E-state index in [0.29, 0.717) is 12.2 Å². The molecule has 2 aromatic rings. The topological polar surface area (TPSA) is 78.0 Å². The molecular formula is C22H31N5O2. The molecule has 0 aliphatic heterocycles. The fourth-order valence-corrected chi connectivity index (χ4v) is 2.87. The van der Waals surface area contributed by atoms with Crippen molar-refractivity contribution in [2.24, 2.45) is 4.99 Å². The lowest BCUT2D eigenvalue weighted by Crippen LogP contribution is -2.38. The number of benzene rings is 2. The number of hydrogen-bond donors (Lipinski definition) is 3. The van der Waals surface area contributed by atoms with Crippen LogP contribution in [-0.4, -0.2) is 45.8 Å². The SMILES string of the molecule is CCN(CCCNC(=NC)NCc1ccc(NC(=O)OC)cc1)c1ccccc1. The molecule has 156 valence electrons. The van der Waals surface area contributed by atoms with Gasteiger partial charge in [-0.3, -0.25) is 10.3 Å². The number of ether oxygens (including phenoxy) is 1. The summed E-state index contributed by atoms with van der Waals surface area (Å²) >= 11 is 0. The molecule has 2 aromatic carbocycles. The van der Waals surface area contributed by atoms with E-state index in [4.69, 9.17) is 0 Å². The van der Waals surface area contributed by atoms with Gasteiger partial charge in [-0.2, -0.15) is 0 Å². The number of carbonyl (C=O) groups is 1. The summed E-state index contributed by atoms with van der Waals surface area (Å²) in [4.78, 5) is 17.9. The van der Waals surface area contributed by atoms with E-state index in [-0.39, 0.29) is 0 Å². The fourth-order valence-electron chi connectivity index (χ4n) is 2.87. The molecule has 3 N–H and O–H groups in total. The Morgan fingerprint density at radius 1 is 1.07 bits per heavy atom. The van der Waals surface area contributed by atoms with Crippen molar-refractivity contribution in [3.05, 3.63) is 60.2 Å². The van der Waals surface area contributed by atoms with E-state index < -0.39 is 6.09 Å². The Kier molecular flexibility index (Phi) is 9.35. The summed E-state index contributed by atoms with van der Waals surface area (Å²) in [5.41, 5.74) is 3.04. The number of aliphatic imine (C=N–C) groups is 1. The number of methoxy groups -OCH3 is 1. The van der Waals surface area contributed by atoms with E-state index in [0.717, 1.165) is 37.6 Å². The van der Waals surface area contributed by atoms with Crippen LogP contribution in [0.2, 0.25) is 0 Å². The van der Waals surface area contributed by atoms with Gasteiger partial charge >= 0.3 is 6.09 Å². The van der Waals surface area contributed by atoms with Crippen LogP contribution in [0.15, 0.2) is 59.6 Å². The molecule has 0 unspecified atom stereocenters. The molecule has 0 bridgehead atoms. The third kappa shape index (κ3) is 7.73. The van der Waals surface area contributed by atoms with E-state index in [9.17, 15) is 4.79 Å². The maximum atomic E-state index is 11.2. The molecule has 0 aliphatic rings. The highest BCUT2D eigenvalue weighted by molar-refractivity contribution is 5.84. The normalized spacial score (nSPS) is 10.9. The van der Waals surface area contributed by atoms with Gasteiger partial charge < -0.3 is 20.3 Å². The molecule has 2 rings (SSSR count). The summed E-state index contributed by atoms with van der Waals surface area (Å²) in [7, 11) is 3.11. The van der Waals surface area contributed by atoms with Crippen LogP contribution in [0, 0.1) is 0 Å². The number of guanidine groups is 1. The summed E-state index contributed by atoms with van der Waals surface area (Å²) in [5.74, 6) is 0.768. The number of para-hydroxylation sites is 1. The first-order chi connectivity index (χ1) is 14.2. The molecule has 0 fully saturated rings. The second-order valence-corrected chi connectivity index (χ2v) is 6.43. The average Bonchev–Trinajstić information content (AvgIpc) is 2.77. The minimum Gasteiger partial charge on any atom is -0.453 e. The number of rotatable bonds is 9. The van der Waals surface area contributed by atoms with Crippen molar-refractivity contribution >= 4 is 23.4 Å². The van der Waals surface area contributed by atoms with Gasteiger partial charge in [0.2, 0.25) is 0 Å². The van der Waals surface area contributed by atoms with Crippen LogP contribution in [-0.2, 0) is 11.3 Å². The Bertz CT molecular complexity index is 763. The van der Waals surface area contributed by atoms with Gasteiger partial charge in [0.25, 0.3) is 0 Å². The van der Waals surface area contributed by atoms with Gasteiger partial charge in [-0.15, -0.1) is 0 Å². The molecule has 0 aromatic heterocycles. The molecule has 0 atom stereocenters. The third-order valence-electron chi connectivity index (χ3n) is 4.47. The van der Waals surface area contributed by atoms with Gasteiger partial charge in [0.15, 0.2) is 5.96 Å². The van der Waals surface area contributed by atoms with Crippen molar-refractivity contribution in [2.75, 3.05) is 44.0 Å². The summed E-state index contributed by atoms with van der Waals surface area (Å²) in [6.07, 6.45) is 0.534. The van der Waals surface area contributed by atoms with Gasteiger partial charge in [0.05, 0.1) is 7.11 Å². The average molecular weight is 398 g/mol. The Balaban J connectivity index is 1.71. The third-order valence-corrected chi connectivity index (χ3v) is 4.47. The van der Waals surface area contributed by atoms with Gasteiger partial charge in [0.1, 0.15) is 0 Å². The van der Waals surface area contributed by atoms with Gasteiger partial charge in [-0.25, -0.2) is 4.79 Å². The first-order valence-electron chi connectivity index (χ1n) is 9.84. The molecule has 0 radical (unpaired) electrons. The predicted octanol–water partition coefficient (Wildman–Crippen LogP) is 3.45. The number of anilines is 2. The highest BCUT2D eigenvalue weighted by Gasteiger charge is 2.04. The van der Waals surface area contributed by atoms with Crippen molar-refractivity contribution in [2.45, 2.75) is 19.9 Å². The van der Waals surface area contributed by atoms with Crippen molar-refractivity contribution < 1.29 is 9.53 Å². The molecule has 7 nitrogen and oxygen atoms in total. The lowest BCUT2D eigenvalue weighted by Gasteiger charge is -2.23. The lowest BCUT2D eigenvalue weighted by atomic mass is 10.2. The fraction of sp³-hybridized carbons (Fsp3) is 0.364. The van der Waals surface area contributed by atoms with E-state index in [1.807, 2.05) is 30.3 Å². The van der Waals surface area contributed by atoms with Crippen LogP contribution in [0.4, 0.5) is 16.2 Å². The number of carbonyl (C=O) groups excluding carboxylic acids is 1. The molecule has 0 saturated heterocycles. The molecule has 0 saturated carbocycles. The molecule has 29 heavy (non-hydrogen) atoms. The van der Waals surface area contributed by atoms with Gasteiger partial charge in [0, 0.05) is 44.6 Å². The molecule has 1 amide bonds. The standard InChI is InChI=1S/C22H31N5O2/c1-4-27(20-9-6-5-7-10-20)16-8-15-24-21(23-2)25-17-18-11-13-19(14-12-18)26-22(28)29-3/h5-7,9-14H,4,8,15-17H2,1-3H3,(H,26,28)(H2,23,24,25). The number of nitrogens with zero attached hydrogens (tertiary/aromatic N) is 2. The highest BCUT2D eigenvalue weighted by Crippen LogP contribution is 2.13. The van der Waals surface area contributed by atoms with Crippen molar-refractivity contribution in [3.63, 3.8) is 0 Å². The Morgan fingerprint density at radius 3 is 2.41 bits per heavy atom. The summed E-state index contributed by atoms with van der Waals surface area (Å²) in [5, 5.41) is 9.29. The predicted molar refractivity (Wildman–Crippen MR) is 120 cm³/mol. The number of amides is 1. The Hall–Kier alpha value is -3.22. The first kappa shape index (κ1) is 22.1. The molecule has 0 spiro atoms. The maximum absolute atomic E-state index is 11.2. The van der Waals surface area contributed by atoms with Crippen molar-refractivity contribution in [1.29, 1.82) is 0 Å². The van der Waals surface area contributed by atoms with Crippen LogP contribution in [0.3, 0.4) is 0 Å². The minimum atomic E-state index is -0.477. The van der Waals surface area contributed by atoms with Crippen LogP contribution < -0.4 is 20.9 Å².